The summed E-state index contributed by atoms with van der Waals surface area (Å²) < 4.78 is 1.90. The molecule has 0 saturated heterocycles. The van der Waals surface area contributed by atoms with Crippen LogP contribution in [0.1, 0.15) is 19.4 Å². The third-order valence-corrected chi connectivity index (χ3v) is 5.17. The smallest absolute Gasteiger partial charge is 0.206 e. The van der Waals surface area contributed by atoms with Gasteiger partial charge in [-0.3, -0.25) is 4.99 Å². The number of hydrogen-bond acceptors (Lipinski definition) is 4. The number of aromatic hydroxyl groups is 1. The van der Waals surface area contributed by atoms with Crippen molar-refractivity contribution in [3.8, 4) is 17.0 Å². The molecule has 4 nitrogen and oxygen atoms in total. The Hall–Kier alpha value is -3.18. The monoisotopic (exact) mass is 387 g/mol. The molecule has 0 radical (unpaired) electrons. The van der Waals surface area contributed by atoms with Crippen molar-refractivity contribution < 1.29 is 5.11 Å². The van der Waals surface area contributed by atoms with Gasteiger partial charge in [0.05, 0.1) is 11.9 Å². The topological polar surface area (TPSA) is 49.9 Å². The van der Waals surface area contributed by atoms with Crippen LogP contribution < -0.4 is 4.80 Å². The molecule has 0 atom stereocenters. The number of nitrogens with zero attached hydrogens (tertiary/aromatic N) is 3. The molecular formula is C23H21N3OS. The third kappa shape index (κ3) is 3.75. The number of aromatic nitrogens is 1. The van der Waals surface area contributed by atoms with Gasteiger partial charge in [0.2, 0.25) is 4.80 Å². The number of phenolic OH excluding ortho intramolecular Hbond substituents is 1. The zero-order valence-electron chi connectivity index (χ0n) is 15.8. The van der Waals surface area contributed by atoms with Crippen molar-refractivity contribution in [2.75, 3.05) is 0 Å². The second-order valence-corrected chi connectivity index (χ2v) is 7.64. The molecule has 28 heavy (non-hydrogen) atoms. The Morgan fingerprint density at radius 3 is 2.50 bits per heavy atom. The van der Waals surface area contributed by atoms with E-state index in [1.165, 1.54) is 10.8 Å². The van der Waals surface area contributed by atoms with E-state index in [1.54, 1.807) is 29.7 Å². The second-order valence-electron chi connectivity index (χ2n) is 6.80. The lowest BCUT2D eigenvalue weighted by molar-refractivity contribution is 0.475. The summed E-state index contributed by atoms with van der Waals surface area (Å²) >= 11 is 1.59. The van der Waals surface area contributed by atoms with E-state index in [0.29, 0.717) is 0 Å². The molecule has 0 unspecified atom stereocenters. The predicted molar refractivity (Wildman–Crippen MR) is 117 cm³/mol. The van der Waals surface area contributed by atoms with Gasteiger partial charge in [0.15, 0.2) is 0 Å². The van der Waals surface area contributed by atoms with Crippen molar-refractivity contribution in [1.82, 2.24) is 4.68 Å². The van der Waals surface area contributed by atoms with Gasteiger partial charge in [0.1, 0.15) is 5.75 Å². The van der Waals surface area contributed by atoms with Gasteiger partial charge in [-0.1, -0.05) is 42.5 Å². The van der Waals surface area contributed by atoms with Crippen molar-refractivity contribution in [3.63, 3.8) is 0 Å². The van der Waals surface area contributed by atoms with Crippen molar-refractivity contribution in [2.45, 2.75) is 19.9 Å². The maximum Gasteiger partial charge on any atom is 0.206 e. The first-order valence-electron chi connectivity index (χ1n) is 9.18. The summed E-state index contributed by atoms with van der Waals surface area (Å²) in [5.74, 6) is 0.243. The zero-order chi connectivity index (χ0) is 19.5. The minimum Gasteiger partial charge on any atom is -0.508 e. The molecule has 0 saturated carbocycles. The van der Waals surface area contributed by atoms with Crippen molar-refractivity contribution >= 4 is 28.3 Å². The Morgan fingerprint density at radius 2 is 1.71 bits per heavy atom. The molecule has 0 aliphatic rings. The van der Waals surface area contributed by atoms with Crippen LogP contribution >= 0.6 is 11.3 Å². The second kappa shape index (κ2) is 7.82. The Balaban J connectivity index is 1.88. The van der Waals surface area contributed by atoms with Crippen LogP contribution in [-0.2, 0) is 0 Å². The number of fused-ring (bicyclic) bond motifs is 1. The van der Waals surface area contributed by atoms with E-state index in [2.05, 4.69) is 61.7 Å². The van der Waals surface area contributed by atoms with Crippen LogP contribution in [0.3, 0.4) is 0 Å². The quantitative estimate of drug-likeness (QED) is 0.477. The van der Waals surface area contributed by atoms with Crippen LogP contribution in [0.25, 0.3) is 22.0 Å². The van der Waals surface area contributed by atoms with Crippen LogP contribution in [0.4, 0.5) is 0 Å². The van der Waals surface area contributed by atoms with E-state index >= 15 is 0 Å². The molecular weight excluding hydrogens is 366 g/mol. The number of thiazole rings is 1. The van der Waals surface area contributed by atoms with E-state index in [-0.39, 0.29) is 11.8 Å². The molecule has 140 valence electrons. The first-order chi connectivity index (χ1) is 13.6. The Morgan fingerprint density at radius 1 is 0.964 bits per heavy atom. The molecule has 4 rings (SSSR count). The lowest BCUT2D eigenvalue weighted by Gasteiger charge is -2.08. The molecule has 0 spiro atoms. The Bertz CT molecular complexity index is 1200. The number of rotatable bonds is 4. The summed E-state index contributed by atoms with van der Waals surface area (Å²) in [6, 6.07) is 21.8. The lowest BCUT2D eigenvalue weighted by Crippen LogP contribution is -2.14. The molecule has 0 aliphatic carbocycles. The first kappa shape index (κ1) is 18.2. The van der Waals surface area contributed by atoms with Crippen molar-refractivity contribution in [3.05, 3.63) is 82.5 Å². The van der Waals surface area contributed by atoms with Gasteiger partial charge in [-0.25, -0.2) is 4.68 Å². The summed E-state index contributed by atoms with van der Waals surface area (Å²) in [5, 5.41) is 18.7. The highest BCUT2D eigenvalue weighted by atomic mass is 32.1. The van der Waals surface area contributed by atoms with Gasteiger partial charge < -0.3 is 5.11 Å². The average molecular weight is 388 g/mol. The minimum absolute atomic E-state index is 0.175. The molecule has 1 heterocycles. The van der Waals surface area contributed by atoms with Gasteiger partial charge in [0, 0.05) is 17.0 Å². The van der Waals surface area contributed by atoms with Gasteiger partial charge in [-0.2, -0.15) is 5.10 Å². The highest BCUT2D eigenvalue weighted by Gasteiger charge is 2.11. The summed E-state index contributed by atoms with van der Waals surface area (Å²) in [6.45, 7) is 4.12. The Kier molecular flexibility index (Phi) is 5.08. The highest BCUT2D eigenvalue weighted by Crippen LogP contribution is 2.29. The molecule has 4 aromatic rings. The normalized spacial score (nSPS) is 12.5. The van der Waals surface area contributed by atoms with Gasteiger partial charge >= 0.3 is 0 Å². The van der Waals surface area contributed by atoms with Crippen LogP contribution in [0.5, 0.6) is 5.75 Å². The Labute approximate surface area is 167 Å². The van der Waals surface area contributed by atoms with E-state index < -0.39 is 0 Å². The van der Waals surface area contributed by atoms with Gasteiger partial charge in [-0.05, 0) is 54.4 Å². The molecule has 1 N–H and O–H groups in total. The summed E-state index contributed by atoms with van der Waals surface area (Å²) in [7, 11) is 0. The maximum atomic E-state index is 9.48. The summed E-state index contributed by atoms with van der Waals surface area (Å²) in [6.07, 6.45) is 1.79. The molecule has 5 heteroatoms. The average Bonchev–Trinajstić information content (AvgIpc) is 3.08. The van der Waals surface area contributed by atoms with E-state index in [1.807, 2.05) is 16.8 Å². The predicted octanol–water partition coefficient (Wildman–Crippen LogP) is 5.27. The van der Waals surface area contributed by atoms with Crippen LogP contribution in [0.2, 0.25) is 0 Å². The highest BCUT2D eigenvalue weighted by molar-refractivity contribution is 7.07. The molecule has 0 bridgehead atoms. The summed E-state index contributed by atoms with van der Waals surface area (Å²) in [5.41, 5.74) is 3.05. The molecule has 3 aromatic carbocycles. The number of phenols is 1. The van der Waals surface area contributed by atoms with Crippen LogP contribution in [0, 0.1) is 0 Å². The number of hydrogen-bond donors (Lipinski definition) is 1. The van der Waals surface area contributed by atoms with Crippen molar-refractivity contribution in [1.29, 1.82) is 0 Å². The summed E-state index contributed by atoms with van der Waals surface area (Å²) in [4.78, 5) is 5.59. The number of benzene rings is 3. The van der Waals surface area contributed by atoms with Crippen molar-refractivity contribution in [2.24, 2.45) is 10.1 Å². The molecule has 0 aliphatic heterocycles. The van der Waals surface area contributed by atoms with Gasteiger partial charge in [0.25, 0.3) is 0 Å². The fraction of sp³-hybridized carbons (Fsp3) is 0.130. The van der Waals surface area contributed by atoms with Gasteiger partial charge in [-0.15, -0.1) is 11.3 Å². The van der Waals surface area contributed by atoms with Crippen LogP contribution in [-0.4, -0.2) is 22.0 Å². The maximum absolute atomic E-state index is 9.48. The largest absolute Gasteiger partial charge is 0.508 e. The minimum atomic E-state index is 0.175. The first-order valence-corrected chi connectivity index (χ1v) is 10.1. The molecule has 0 amide bonds. The van der Waals surface area contributed by atoms with Crippen LogP contribution in [0.15, 0.2) is 82.2 Å². The lowest BCUT2D eigenvalue weighted by atomic mass is 10.0. The van der Waals surface area contributed by atoms with E-state index in [9.17, 15) is 5.11 Å². The zero-order valence-corrected chi connectivity index (χ0v) is 16.6. The van der Waals surface area contributed by atoms with E-state index in [0.717, 1.165) is 21.6 Å². The molecule has 1 aromatic heterocycles. The van der Waals surface area contributed by atoms with E-state index in [4.69, 9.17) is 10.1 Å². The molecule has 0 fully saturated rings. The third-order valence-electron chi connectivity index (χ3n) is 4.33. The SMILES string of the molecule is CC(C)N=c1scc(-c2cccc3ccccc23)n1N=Cc1ccc(O)cc1. The fourth-order valence-electron chi connectivity index (χ4n) is 3.04. The fourth-order valence-corrected chi connectivity index (χ4v) is 4.00. The standard InChI is InChI=1S/C23H21N3OS/c1-16(2)25-23-26(24-14-17-10-12-19(27)13-11-17)22(15-28-23)21-9-5-7-18-6-3-4-8-20(18)21/h3-16,27H,1-2H3.